The van der Waals surface area contributed by atoms with Gasteiger partial charge in [0, 0.05) is 5.56 Å². The third kappa shape index (κ3) is 1.94. The predicted molar refractivity (Wildman–Crippen MR) is 69.8 cm³/mol. The van der Waals surface area contributed by atoms with Crippen molar-refractivity contribution < 1.29 is 4.74 Å². The molecule has 0 bridgehead atoms. The van der Waals surface area contributed by atoms with Gasteiger partial charge in [0.2, 0.25) is 0 Å². The Morgan fingerprint density at radius 1 is 1.06 bits per heavy atom. The smallest absolute Gasteiger partial charge is 0.126 e. The van der Waals surface area contributed by atoms with Crippen molar-refractivity contribution in [3.8, 4) is 5.75 Å². The Morgan fingerprint density at radius 2 is 1.81 bits per heavy atom. The zero-order valence-corrected chi connectivity index (χ0v) is 9.95. The van der Waals surface area contributed by atoms with E-state index in [1.54, 1.807) is 7.11 Å². The van der Waals surface area contributed by atoms with Gasteiger partial charge in [-0.1, -0.05) is 42.0 Å². The third-order valence-corrected chi connectivity index (χ3v) is 2.58. The summed E-state index contributed by atoms with van der Waals surface area (Å²) in [5.41, 5.74) is 2.44. The second kappa shape index (κ2) is 4.40. The van der Waals surface area contributed by atoms with Gasteiger partial charge in [-0.3, -0.25) is 0 Å². The van der Waals surface area contributed by atoms with Gasteiger partial charge in [-0.15, -0.1) is 0 Å². The summed E-state index contributed by atoms with van der Waals surface area (Å²) in [6, 6.07) is 12.5. The van der Waals surface area contributed by atoms with Gasteiger partial charge >= 0.3 is 0 Å². The number of hydrogen-bond donors (Lipinski definition) is 0. The van der Waals surface area contributed by atoms with E-state index in [1.165, 1.54) is 21.9 Å². The first-order chi connectivity index (χ1) is 7.72. The summed E-state index contributed by atoms with van der Waals surface area (Å²) in [6.45, 7) is 4.20. The maximum Gasteiger partial charge on any atom is 0.126 e. The molecule has 0 aliphatic carbocycles. The molecule has 1 nitrogen and oxygen atoms in total. The van der Waals surface area contributed by atoms with Crippen molar-refractivity contribution in [1.82, 2.24) is 0 Å². The molecule has 2 aromatic rings. The van der Waals surface area contributed by atoms with Crippen molar-refractivity contribution in [1.29, 1.82) is 0 Å². The highest BCUT2D eigenvalue weighted by Crippen LogP contribution is 2.29. The Labute approximate surface area is 96.4 Å². The van der Waals surface area contributed by atoms with Crippen LogP contribution in [0.2, 0.25) is 0 Å². The molecular formula is C15H16O. The van der Waals surface area contributed by atoms with Crippen LogP contribution in [0.1, 0.15) is 19.4 Å². The fourth-order valence-electron chi connectivity index (χ4n) is 1.89. The Balaban J connectivity index is 2.78. The highest BCUT2D eigenvalue weighted by atomic mass is 16.5. The van der Waals surface area contributed by atoms with E-state index >= 15 is 0 Å². The molecule has 0 aliphatic rings. The minimum absolute atomic E-state index is 0.930. The Morgan fingerprint density at radius 3 is 2.50 bits per heavy atom. The number of ether oxygens (including phenoxy) is 1. The zero-order valence-electron chi connectivity index (χ0n) is 9.95. The van der Waals surface area contributed by atoms with Crippen LogP contribution in [-0.2, 0) is 0 Å². The maximum atomic E-state index is 5.41. The van der Waals surface area contributed by atoms with E-state index < -0.39 is 0 Å². The van der Waals surface area contributed by atoms with Crippen molar-refractivity contribution in [3.63, 3.8) is 0 Å². The van der Waals surface area contributed by atoms with E-state index in [-0.39, 0.29) is 0 Å². The lowest BCUT2D eigenvalue weighted by Crippen LogP contribution is -1.88. The van der Waals surface area contributed by atoms with Gasteiger partial charge in [0.05, 0.1) is 7.11 Å². The number of hydrogen-bond acceptors (Lipinski definition) is 1. The largest absolute Gasteiger partial charge is 0.496 e. The van der Waals surface area contributed by atoms with Crippen LogP contribution in [0, 0.1) is 0 Å². The molecule has 82 valence electrons. The highest BCUT2D eigenvalue weighted by molar-refractivity contribution is 5.93. The lowest BCUT2D eigenvalue weighted by Gasteiger charge is -2.09. The minimum Gasteiger partial charge on any atom is -0.496 e. The van der Waals surface area contributed by atoms with Gasteiger partial charge in [-0.25, -0.2) is 0 Å². The molecule has 0 fully saturated rings. The fraction of sp³-hybridized carbons (Fsp3) is 0.200. The SMILES string of the molecule is COc1ccc2ccccc2c1C=C(C)C. The molecule has 2 rings (SSSR count). The van der Waals surface area contributed by atoms with E-state index in [0.29, 0.717) is 0 Å². The van der Waals surface area contributed by atoms with Crippen molar-refractivity contribution in [2.75, 3.05) is 7.11 Å². The van der Waals surface area contributed by atoms with Gasteiger partial charge in [-0.05, 0) is 30.7 Å². The Bertz CT molecular complexity index is 534. The van der Waals surface area contributed by atoms with Crippen LogP contribution < -0.4 is 4.74 Å². The molecule has 16 heavy (non-hydrogen) atoms. The van der Waals surface area contributed by atoms with Crippen LogP contribution in [0.4, 0.5) is 0 Å². The number of allylic oxidation sites excluding steroid dienone is 1. The molecule has 0 radical (unpaired) electrons. The number of rotatable bonds is 2. The number of fused-ring (bicyclic) bond motifs is 1. The average molecular weight is 212 g/mol. The van der Waals surface area contributed by atoms with Gasteiger partial charge in [0.15, 0.2) is 0 Å². The van der Waals surface area contributed by atoms with Crippen molar-refractivity contribution >= 4 is 16.8 Å². The van der Waals surface area contributed by atoms with Crippen LogP contribution in [0.25, 0.3) is 16.8 Å². The summed E-state index contributed by atoms with van der Waals surface area (Å²) in [6.07, 6.45) is 2.17. The van der Waals surface area contributed by atoms with Crippen molar-refractivity contribution in [2.45, 2.75) is 13.8 Å². The van der Waals surface area contributed by atoms with Crippen molar-refractivity contribution in [2.24, 2.45) is 0 Å². The highest BCUT2D eigenvalue weighted by Gasteiger charge is 2.04. The van der Waals surface area contributed by atoms with Crippen LogP contribution in [-0.4, -0.2) is 7.11 Å². The predicted octanol–water partition coefficient (Wildman–Crippen LogP) is 4.27. The zero-order chi connectivity index (χ0) is 11.5. The second-order valence-electron chi connectivity index (χ2n) is 4.12. The maximum absolute atomic E-state index is 5.41. The monoisotopic (exact) mass is 212 g/mol. The molecule has 0 amide bonds. The summed E-state index contributed by atoms with van der Waals surface area (Å²) in [7, 11) is 1.71. The lowest BCUT2D eigenvalue weighted by atomic mass is 10.0. The molecule has 0 atom stereocenters. The molecule has 0 spiro atoms. The molecule has 0 saturated heterocycles. The number of methoxy groups -OCH3 is 1. The van der Waals surface area contributed by atoms with Gasteiger partial charge in [0.25, 0.3) is 0 Å². The van der Waals surface area contributed by atoms with E-state index in [0.717, 1.165) is 5.75 Å². The molecular weight excluding hydrogens is 196 g/mol. The standard InChI is InChI=1S/C15H16O/c1-11(2)10-14-13-7-5-4-6-12(13)8-9-15(14)16-3/h4-10H,1-3H3. The van der Waals surface area contributed by atoms with E-state index in [2.05, 4.69) is 50.3 Å². The lowest BCUT2D eigenvalue weighted by molar-refractivity contribution is 0.414. The summed E-state index contributed by atoms with van der Waals surface area (Å²) >= 11 is 0. The molecule has 0 N–H and O–H groups in total. The van der Waals surface area contributed by atoms with Crippen LogP contribution in [0.5, 0.6) is 5.75 Å². The van der Waals surface area contributed by atoms with Gasteiger partial charge < -0.3 is 4.74 Å². The third-order valence-electron chi connectivity index (χ3n) is 2.58. The van der Waals surface area contributed by atoms with Crippen LogP contribution >= 0.6 is 0 Å². The fourth-order valence-corrected chi connectivity index (χ4v) is 1.89. The normalized spacial score (nSPS) is 10.2. The van der Waals surface area contributed by atoms with E-state index in [9.17, 15) is 0 Å². The minimum atomic E-state index is 0.930. The number of benzene rings is 2. The summed E-state index contributed by atoms with van der Waals surface area (Å²) in [5.74, 6) is 0.930. The molecule has 0 aliphatic heterocycles. The average Bonchev–Trinajstić information content (AvgIpc) is 2.29. The van der Waals surface area contributed by atoms with Crippen LogP contribution in [0.15, 0.2) is 42.0 Å². The molecule has 0 aromatic heterocycles. The topological polar surface area (TPSA) is 9.23 Å². The Hall–Kier alpha value is -1.76. The first-order valence-corrected chi connectivity index (χ1v) is 5.43. The van der Waals surface area contributed by atoms with E-state index in [1.807, 2.05) is 6.07 Å². The van der Waals surface area contributed by atoms with E-state index in [4.69, 9.17) is 4.74 Å². The molecule has 2 aromatic carbocycles. The first kappa shape index (κ1) is 10.7. The molecule has 0 heterocycles. The molecule has 1 heteroatoms. The first-order valence-electron chi connectivity index (χ1n) is 5.43. The molecule has 0 saturated carbocycles. The summed E-state index contributed by atoms with van der Waals surface area (Å²) < 4.78 is 5.41. The summed E-state index contributed by atoms with van der Waals surface area (Å²) in [5, 5.41) is 2.49. The van der Waals surface area contributed by atoms with Crippen molar-refractivity contribution in [3.05, 3.63) is 47.5 Å². The van der Waals surface area contributed by atoms with Gasteiger partial charge in [-0.2, -0.15) is 0 Å². The quantitative estimate of drug-likeness (QED) is 0.722. The summed E-state index contributed by atoms with van der Waals surface area (Å²) in [4.78, 5) is 0. The molecule has 0 unspecified atom stereocenters. The van der Waals surface area contributed by atoms with Crippen LogP contribution in [0.3, 0.4) is 0 Å². The van der Waals surface area contributed by atoms with Gasteiger partial charge in [0.1, 0.15) is 5.75 Å². The second-order valence-corrected chi connectivity index (χ2v) is 4.12. The Kier molecular flexibility index (Phi) is 2.95.